The zero-order chi connectivity index (χ0) is 30.6. The van der Waals surface area contributed by atoms with Crippen LogP contribution in [0, 0.1) is 0 Å². The Morgan fingerprint density at radius 1 is 0.800 bits per heavy atom. The van der Waals surface area contributed by atoms with Gasteiger partial charge in [0.2, 0.25) is 0 Å². The number of H-pyrrole nitrogens is 1. The minimum atomic E-state index is -0.361. The molecule has 0 saturated heterocycles. The molecule has 0 aliphatic rings. The fourth-order valence-corrected chi connectivity index (χ4v) is 6.13. The highest BCUT2D eigenvalue weighted by Crippen LogP contribution is 2.38. The second kappa shape index (κ2) is 12.5. The first-order chi connectivity index (χ1) is 22.2. The molecular formula is C40H35N5. The number of para-hydroxylation sites is 2. The first kappa shape index (κ1) is 28.1. The van der Waals surface area contributed by atoms with Crippen molar-refractivity contribution >= 4 is 55.1 Å². The molecule has 1 atom stereocenters. The Kier molecular flexibility index (Phi) is 7.83. The lowest BCUT2D eigenvalue weighted by Gasteiger charge is -2.17. The number of hydrogen-bond donors (Lipinski definition) is 3. The van der Waals surface area contributed by atoms with Crippen LogP contribution in [0.3, 0.4) is 0 Å². The molecule has 5 heteroatoms. The molecule has 0 aliphatic carbocycles. The van der Waals surface area contributed by atoms with Gasteiger partial charge in [-0.1, -0.05) is 128 Å². The van der Waals surface area contributed by atoms with Gasteiger partial charge in [0.1, 0.15) is 12.0 Å². The van der Waals surface area contributed by atoms with E-state index in [9.17, 15) is 0 Å². The molecule has 0 spiro atoms. The van der Waals surface area contributed by atoms with E-state index in [0.29, 0.717) is 6.54 Å². The number of hydrogen-bond acceptors (Lipinski definition) is 2. The van der Waals surface area contributed by atoms with E-state index in [2.05, 4.69) is 112 Å². The highest BCUT2D eigenvalue weighted by molar-refractivity contribution is 6.23. The van der Waals surface area contributed by atoms with Crippen molar-refractivity contribution in [3.8, 4) is 0 Å². The van der Waals surface area contributed by atoms with E-state index in [4.69, 9.17) is 10.7 Å². The van der Waals surface area contributed by atoms with Crippen LogP contribution in [0.2, 0.25) is 0 Å². The molecule has 5 nitrogen and oxygen atoms in total. The number of aromatic nitrogens is 2. The number of allylic oxidation sites excluding steroid dienone is 4. The number of amidine groups is 1. The lowest BCUT2D eigenvalue weighted by molar-refractivity contribution is 0.679. The SMILES string of the molecule is C=C/C=C(\C=C/CC/N=C(\NC(N)c1ccccc1)c1ccccc1)n1c2ccccc2c2ccc3c4ccccc4[nH]c3c21. The zero-order valence-corrected chi connectivity index (χ0v) is 25.0. The van der Waals surface area contributed by atoms with Crippen LogP contribution in [-0.2, 0) is 0 Å². The Labute approximate surface area is 262 Å². The van der Waals surface area contributed by atoms with Gasteiger partial charge in [0, 0.05) is 44.9 Å². The van der Waals surface area contributed by atoms with Crippen LogP contribution in [0.1, 0.15) is 23.7 Å². The van der Waals surface area contributed by atoms with Gasteiger partial charge < -0.3 is 20.6 Å². The average molecular weight is 586 g/mol. The van der Waals surface area contributed by atoms with E-state index in [1.807, 2.05) is 54.6 Å². The summed E-state index contributed by atoms with van der Waals surface area (Å²) < 4.78 is 2.35. The Bertz CT molecular complexity index is 2220. The molecule has 0 saturated carbocycles. The molecule has 0 amide bonds. The van der Waals surface area contributed by atoms with Crippen molar-refractivity contribution in [2.75, 3.05) is 6.54 Å². The number of fused-ring (bicyclic) bond motifs is 7. The number of nitrogens with zero attached hydrogens (tertiary/aromatic N) is 2. The largest absolute Gasteiger partial charge is 0.353 e. The zero-order valence-electron chi connectivity index (χ0n) is 25.0. The lowest BCUT2D eigenvalue weighted by atomic mass is 10.1. The smallest absolute Gasteiger partial charge is 0.129 e. The molecule has 0 fully saturated rings. The van der Waals surface area contributed by atoms with Gasteiger partial charge in [-0.2, -0.15) is 0 Å². The van der Waals surface area contributed by atoms with Crippen molar-refractivity contribution in [2.45, 2.75) is 12.6 Å². The summed E-state index contributed by atoms with van der Waals surface area (Å²) in [6.07, 6.45) is 8.68. The molecule has 7 rings (SSSR count). The summed E-state index contributed by atoms with van der Waals surface area (Å²) >= 11 is 0. The standard InChI is InChI=1S/C40H35N5/c1-2-15-30(20-13-14-27-42-40(29-18-7-4-8-19-29)44-39(41)28-16-5-3-6-17-28)45-36-24-12-10-22-32(36)34-26-25-33-31-21-9-11-23-35(31)43-37(33)38(34)45/h2-13,15-26,39,43H,1,14,27,41H2,(H,42,44)/b20-13-,30-15+. The van der Waals surface area contributed by atoms with E-state index >= 15 is 0 Å². The summed E-state index contributed by atoms with van der Waals surface area (Å²) in [7, 11) is 0. The predicted molar refractivity (Wildman–Crippen MR) is 191 cm³/mol. The molecule has 2 aromatic heterocycles. The molecule has 1 unspecified atom stereocenters. The van der Waals surface area contributed by atoms with Gasteiger partial charge in [-0.25, -0.2) is 0 Å². The van der Waals surface area contributed by atoms with Crippen molar-refractivity contribution in [3.63, 3.8) is 0 Å². The van der Waals surface area contributed by atoms with Crippen LogP contribution in [0.25, 0.3) is 49.3 Å². The molecule has 2 heterocycles. The second-order valence-electron chi connectivity index (χ2n) is 11.1. The Morgan fingerprint density at radius 3 is 2.29 bits per heavy atom. The van der Waals surface area contributed by atoms with Crippen LogP contribution < -0.4 is 11.1 Å². The predicted octanol–water partition coefficient (Wildman–Crippen LogP) is 9.10. The van der Waals surface area contributed by atoms with Gasteiger partial charge in [0.15, 0.2) is 0 Å². The molecule has 0 aliphatic heterocycles. The number of aromatic amines is 1. The van der Waals surface area contributed by atoms with E-state index in [1.54, 1.807) is 0 Å². The summed E-state index contributed by atoms with van der Waals surface area (Å²) in [5.74, 6) is 0.783. The molecule has 0 bridgehead atoms. The third-order valence-corrected chi connectivity index (χ3v) is 8.21. The summed E-state index contributed by atoms with van der Waals surface area (Å²) in [5.41, 5.74) is 14.2. The van der Waals surface area contributed by atoms with Gasteiger partial charge in [0.05, 0.1) is 16.6 Å². The van der Waals surface area contributed by atoms with Gasteiger partial charge in [-0.3, -0.25) is 4.99 Å². The second-order valence-corrected chi connectivity index (χ2v) is 11.1. The highest BCUT2D eigenvalue weighted by Gasteiger charge is 2.17. The van der Waals surface area contributed by atoms with E-state index in [-0.39, 0.29) is 6.17 Å². The van der Waals surface area contributed by atoms with Gasteiger partial charge in [-0.05, 0) is 36.3 Å². The fraction of sp³-hybridized carbons (Fsp3) is 0.0750. The van der Waals surface area contributed by atoms with E-state index in [1.165, 1.54) is 21.5 Å². The molecule has 5 aromatic carbocycles. The maximum atomic E-state index is 6.52. The van der Waals surface area contributed by atoms with Crippen molar-refractivity contribution in [1.82, 2.24) is 14.9 Å². The van der Waals surface area contributed by atoms with Crippen molar-refractivity contribution in [1.29, 1.82) is 0 Å². The minimum Gasteiger partial charge on any atom is -0.353 e. The Balaban J connectivity index is 1.22. The first-order valence-corrected chi connectivity index (χ1v) is 15.3. The summed E-state index contributed by atoms with van der Waals surface area (Å²) in [6.45, 7) is 4.66. The minimum absolute atomic E-state index is 0.361. The maximum Gasteiger partial charge on any atom is 0.129 e. The number of nitrogens with two attached hydrogens (primary N) is 1. The monoisotopic (exact) mass is 585 g/mol. The summed E-state index contributed by atoms with van der Waals surface area (Å²) in [5, 5.41) is 8.30. The molecule has 45 heavy (non-hydrogen) atoms. The number of nitrogens with one attached hydrogen (secondary N) is 2. The molecule has 0 radical (unpaired) electrons. The first-order valence-electron chi connectivity index (χ1n) is 15.3. The lowest BCUT2D eigenvalue weighted by Crippen LogP contribution is -2.34. The number of rotatable bonds is 9. The topological polar surface area (TPSA) is 71.1 Å². The van der Waals surface area contributed by atoms with Crippen molar-refractivity contribution in [2.24, 2.45) is 10.7 Å². The third-order valence-electron chi connectivity index (χ3n) is 8.21. The normalized spacial score (nSPS) is 13.4. The van der Waals surface area contributed by atoms with Crippen LogP contribution in [-0.4, -0.2) is 21.9 Å². The Hall–Kier alpha value is -5.65. The van der Waals surface area contributed by atoms with Gasteiger partial charge in [-0.15, -0.1) is 0 Å². The average Bonchev–Trinajstić information content (AvgIpc) is 3.64. The number of benzene rings is 5. The fourth-order valence-electron chi connectivity index (χ4n) is 6.13. The van der Waals surface area contributed by atoms with Crippen molar-refractivity contribution < 1.29 is 0 Å². The maximum absolute atomic E-state index is 6.52. The van der Waals surface area contributed by atoms with Crippen LogP contribution >= 0.6 is 0 Å². The summed E-state index contributed by atoms with van der Waals surface area (Å²) in [6, 6.07) is 41.7. The highest BCUT2D eigenvalue weighted by atomic mass is 15.1. The molecule has 7 aromatic rings. The van der Waals surface area contributed by atoms with E-state index in [0.717, 1.165) is 51.1 Å². The number of aliphatic imine (C=N–C) groups is 1. The van der Waals surface area contributed by atoms with Crippen LogP contribution in [0.5, 0.6) is 0 Å². The Morgan fingerprint density at radius 2 is 1.49 bits per heavy atom. The van der Waals surface area contributed by atoms with Crippen LogP contribution in [0.15, 0.2) is 157 Å². The van der Waals surface area contributed by atoms with Crippen molar-refractivity contribution in [3.05, 3.63) is 163 Å². The van der Waals surface area contributed by atoms with Gasteiger partial charge >= 0.3 is 0 Å². The van der Waals surface area contributed by atoms with Gasteiger partial charge in [0.25, 0.3) is 0 Å². The molecular weight excluding hydrogens is 550 g/mol. The third kappa shape index (κ3) is 5.46. The molecule has 4 N–H and O–H groups in total. The summed E-state index contributed by atoms with van der Waals surface area (Å²) in [4.78, 5) is 8.67. The van der Waals surface area contributed by atoms with Crippen LogP contribution in [0.4, 0.5) is 0 Å². The molecule has 220 valence electrons. The van der Waals surface area contributed by atoms with E-state index < -0.39 is 0 Å². The quantitative estimate of drug-likeness (QED) is 0.0520.